The fourth-order valence-corrected chi connectivity index (χ4v) is 3.45. The summed E-state index contributed by atoms with van der Waals surface area (Å²) in [5, 5.41) is 3.08. The number of nitrogens with one attached hydrogen (secondary N) is 1. The van der Waals surface area contributed by atoms with Crippen LogP contribution in [-0.2, 0) is 9.53 Å². The maximum atomic E-state index is 12.2. The SMILES string of the molecule is CC(C)C1OCCCC1CNC(=O)C1(N)CCCC1. The van der Waals surface area contributed by atoms with Crippen LogP contribution in [0, 0.1) is 11.8 Å². The number of rotatable bonds is 4. The van der Waals surface area contributed by atoms with E-state index >= 15 is 0 Å². The van der Waals surface area contributed by atoms with E-state index in [0.29, 0.717) is 18.4 Å². The highest BCUT2D eigenvalue weighted by Crippen LogP contribution is 2.28. The first-order chi connectivity index (χ1) is 9.03. The third-order valence-corrected chi connectivity index (χ3v) is 4.62. The lowest BCUT2D eigenvalue weighted by molar-refractivity contribution is -0.127. The number of ether oxygens (including phenoxy) is 1. The van der Waals surface area contributed by atoms with Crippen LogP contribution in [0.4, 0.5) is 0 Å². The van der Waals surface area contributed by atoms with Crippen LogP contribution in [0.2, 0.25) is 0 Å². The van der Waals surface area contributed by atoms with Gasteiger partial charge in [-0.15, -0.1) is 0 Å². The monoisotopic (exact) mass is 268 g/mol. The molecule has 0 aromatic heterocycles. The summed E-state index contributed by atoms with van der Waals surface area (Å²) >= 11 is 0. The molecule has 19 heavy (non-hydrogen) atoms. The normalized spacial score (nSPS) is 30.5. The molecule has 0 radical (unpaired) electrons. The fourth-order valence-electron chi connectivity index (χ4n) is 3.45. The first-order valence-corrected chi connectivity index (χ1v) is 7.72. The van der Waals surface area contributed by atoms with Crippen molar-refractivity contribution in [2.24, 2.45) is 17.6 Å². The summed E-state index contributed by atoms with van der Waals surface area (Å²) in [4.78, 5) is 12.2. The Morgan fingerprint density at radius 2 is 2.05 bits per heavy atom. The van der Waals surface area contributed by atoms with E-state index in [0.717, 1.165) is 45.1 Å². The Bertz CT molecular complexity index is 311. The fraction of sp³-hybridized carbons (Fsp3) is 0.933. The zero-order valence-electron chi connectivity index (χ0n) is 12.3. The van der Waals surface area contributed by atoms with Crippen LogP contribution in [-0.4, -0.2) is 30.7 Å². The Hall–Kier alpha value is -0.610. The number of nitrogens with two attached hydrogens (primary N) is 1. The second kappa shape index (κ2) is 6.23. The molecule has 1 aliphatic heterocycles. The lowest BCUT2D eigenvalue weighted by Crippen LogP contribution is -2.53. The van der Waals surface area contributed by atoms with Gasteiger partial charge in [0.25, 0.3) is 0 Å². The van der Waals surface area contributed by atoms with Crippen molar-refractivity contribution in [3.63, 3.8) is 0 Å². The van der Waals surface area contributed by atoms with Crippen LogP contribution in [0.15, 0.2) is 0 Å². The van der Waals surface area contributed by atoms with Crippen molar-refractivity contribution in [2.75, 3.05) is 13.2 Å². The molecule has 1 heterocycles. The van der Waals surface area contributed by atoms with Gasteiger partial charge in [-0.2, -0.15) is 0 Å². The zero-order valence-corrected chi connectivity index (χ0v) is 12.3. The molecule has 0 bridgehead atoms. The third kappa shape index (κ3) is 3.48. The van der Waals surface area contributed by atoms with Gasteiger partial charge in [0.05, 0.1) is 11.6 Å². The quantitative estimate of drug-likeness (QED) is 0.817. The average molecular weight is 268 g/mol. The van der Waals surface area contributed by atoms with Crippen LogP contribution in [0.25, 0.3) is 0 Å². The summed E-state index contributed by atoms with van der Waals surface area (Å²) < 4.78 is 5.85. The van der Waals surface area contributed by atoms with Gasteiger partial charge in [-0.05, 0) is 31.6 Å². The van der Waals surface area contributed by atoms with Gasteiger partial charge in [0.1, 0.15) is 0 Å². The van der Waals surface area contributed by atoms with E-state index in [4.69, 9.17) is 10.5 Å². The topological polar surface area (TPSA) is 64.3 Å². The Kier molecular flexibility index (Phi) is 4.85. The molecule has 3 N–H and O–H groups in total. The predicted octanol–water partition coefficient (Wildman–Crippen LogP) is 1.83. The lowest BCUT2D eigenvalue weighted by atomic mass is 9.87. The average Bonchev–Trinajstić information content (AvgIpc) is 2.84. The molecule has 1 amide bonds. The van der Waals surface area contributed by atoms with Gasteiger partial charge in [0.2, 0.25) is 5.91 Å². The third-order valence-electron chi connectivity index (χ3n) is 4.62. The standard InChI is InChI=1S/C15H28N2O2/c1-11(2)13-12(6-5-9-19-13)10-17-14(18)15(16)7-3-4-8-15/h11-13H,3-10,16H2,1-2H3,(H,17,18). The van der Waals surface area contributed by atoms with Gasteiger partial charge in [0, 0.05) is 19.1 Å². The van der Waals surface area contributed by atoms with Crippen molar-refractivity contribution >= 4 is 5.91 Å². The lowest BCUT2D eigenvalue weighted by Gasteiger charge is -2.35. The van der Waals surface area contributed by atoms with E-state index in [1.54, 1.807) is 0 Å². The summed E-state index contributed by atoms with van der Waals surface area (Å²) in [6, 6.07) is 0. The predicted molar refractivity (Wildman–Crippen MR) is 75.7 cm³/mol. The van der Waals surface area contributed by atoms with Crippen molar-refractivity contribution in [1.29, 1.82) is 0 Å². The van der Waals surface area contributed by atoms with Crippen LogP contribution >= 0.6 is 0 Å². The van der Waals surface area contributed by atoms with Gasteiger partial charge in [-0.25, -0.2) is 0 Å². The molecular formula is C15H28N2O2. The van der Waals surface area contributed by atoms with Crippen LogP contribution in [0.5, 0.6) is 0 Å². The Morgan fingerprint density at radius 3 is 2.68 bits per heavy atom. The molecule has 1 saturated carbocycles. The first kappa shape index (κ1) is 14.8. The molecule has 4 heteroatoms. The molecule has 0 spiro atoms. The highest BCUT2D eigenvalue weighted by molar-refractivity contribution is 5.86. The molecule has 2 aliphatic rings. The highest BCUT2D eigenvalue weighted by Gasteiger charge is 2.37. The number of hydrogen-bond donors (Lipinski definition) is 2. The Morgan fingerprint density at radius 1 is 1.37 bits per heavy atom. The summed E-state index contributed by atoms with van der Waals surface area (Å²) in [7, 11) is 0. The number of carbonyl (C=O) groups is 1. The van der Waals surface area contributed by atoms with Crippen molar-refractivity contribution in [3.05, 3.63) is 0 Å². The van der Waals surface area contributed by atoms with Gasteiger partial charge in [-0.1, -0.05) is 26.7 Å². The number of carbonyl (C=O) groups excluding carboxylic acids is 1. The van der Waals surface area contributed by atoms with Gasteiger partial charge >= 0.3 is 0 Å². The summed E-state index contributed by atoms with van der Waals surface area (Å²) in [5.74, 6) is 0.973. The van der Waals surface area contributed by atoms with Crippen LogP contribution in [0.1, 0.15) is 52.4 Å². The highest BCUT2D eigenvalue weighted by atomic mass is 16.5. The summed E-state index contributed by atoms with van der Waals surface area (Å²) in [6.45, 7) is 5.94. The summed E-state index contributed by atoms with van der Waals surface area (Å²) in [5.41, 5.74) is 5.56. The maximum absolute atomic E-state index is 12.2. The van der Waals surface area contributed by atoms with Gasteiger partial charge in [0.15, 0.2) is 0 Å². The van der Waals surface area contributed by atoms with E-state index in [1.165, 1.54) is 0 Å². The van der Waals surface area contributed by atoms with Crippen molar-refractivity contribution in [3.8, 4) is 0 Å². The van der Waals surface area contributed by atoms with Crippen molar-refractivity contribution in [1.82, 2.24) is 5.32 Å². The molecule has 2 unspecified atom stereocenters. The van der Waals surface area contributed by atoms with E-state index in [1.807, 2.05) is 0 Å². The minimum Gasteiger partial charge on any atom is -0.378 e. The smallest absolute Gasteiger partial charge is 0.240 e. The molecular weight excluding hydrogens is 240 g/mol. The summed E-state index contributed by atoms with van der Waals surface area (Å²) in [6.07, 6.45) is 6.31. The van der Waals surface area contributed by atoms with E-state index in [-0.39, 0.29) is 12.0 Å². The largest absolute Gasteiger partial charge is 0.378 e. The van der Waals surface area contributed by atoms with E-state index < -0.39 is 5.54 Å². The minimum absolute atomic E-state index is 0.0399. The maximum Gasteiger partial charge on any atom is 0.240 e. The molecule has 2 atom stereocenters. The minimum atomic E-state index is -0.608. The van der Waals surface area contributed by atoms with Crippen molar-refractivity contribution < 1.29 is 9.53 Å². The van der Waals surface area contributed by atoms with Crippen LogP contribution in [0.3, 0.4) is 0 Å². The molecule has 2 fully saturated rings. The van der Waals surface area contributed by atoms with E-state index in [9.17, 15) is 4.79 Å². The van der Waals surface area contributed by atoms with Crippen molar-refractivity contribution in [2.45, 2.75) is 64.0 Å². The van der Waals surface area contributed by atoms with Gasteiger partial charge < -0.3 is 15.8 Å². The molecule has 1 saturated heterocycles. The van der Waals surface area contributed by atoms with E-state index in [2.05, 4.69) is 19.2 Å². The molecule has 2 rings (SSSR count). The second-order valence-corrected chi connectivity index (χ2v) is 6.56. The Labute approximate surface area is 116 Å². The first-order valence-electron chi connectivity index (χ1n) is 7.72. The number of amides is 1. The van der Waals surface area contributed by atoms with Gasteiger partial charge in [-0.3, -0.25) is 4.79 Å². The number of hydrogen-bond acceptors (Lipinski definition) is 3. The Balaban J connectivity index is 1.85. The molecule has 0 aromatic carbocycles. The molecule has 110 valence electrons. The van der Waals surface area contributed by atoms with Crippen LogP contribution < -0.4 is 11.1 Å². The molecule has 1 aliphatic carbocycles. The zero-order chi connectivity index (χ0) is 13.9. The molecule has 0 aromatic rings. The molecule has 4 nitrogen and oxygen atoms in total. The second-order valence-electron chi connectivity index (χ2n) is 6.56.